The third-order valence-electron chi connectivity index (χ3n) is 4.51. The molecule has 2 unspecified atom stereocenters. The van der Waals surface area contributed by atoms with E-state index >= 15 is 0 Å². The van der Waals surface area contributed by atoms with Crippen molar-refractivity contribution in [3.8, 4) is 0 Å². The normalized spacial score (nSPS) is 22.1. The lowest BCUT2D eigenvalue weighted by Crippen LogP contribution is -2.51. The van der Waals surface area contributed by atoms with Crippen molar-refractivity contribution < 1.29 is 14.7 Å². The fourth-order valence-corrected chi connectivity index (χ4v) is 3.21. The maximum Gasteiger partial charge on any atom is 0.320 e. The summed E-state index contributed by atoms with van der Waals surface area (Å²) in [7, 11) is 0. The first-order valence-electron chi connectivity index (χ1n) is 8.13. The number of hydrogen-bond donors (Lipinski definition) is 1. The van der Waals surface area contributed by atoms with Crippen molar-refractivity contribution in [2.45, 2.75) is 66.0 Å². The van der Waals surface area contributed by atoms with Crippen LogP contribution in [0, 0.1) is 11.8 Å². The summed E-state index contributed by atoms with van der Waals surface area (Å²) in [6.45, 7) is 11.5. The predicted octanol–water partition coefficient (Wildman–Crippen LogP) is 3.05. The van der Waals surface area contributed by atoms with Gasteiger partial charge in [0.1, 0.15) is 0 Å². The summed E-state index contributed by atoms with van der Waals surface area (Å²) in [5, 5.41) is 9.22. The highest BCUT2D eigenvalue weighted by molar-refractivity contribution is 5.78. The number of carboxylic acid groups (broad SMARTS) is 1. The van der Waals surface area contributed by atoms with Gasteiger partial charge >= 0.3 is 12.0 Å². The molecule has 0 spiro atoms. The van der Waals surface area contributed by atoms with E-state index in [9.17, 15) is 14.7 Å². The van der Waals surface area contributed by atoms with Gasteiger partial charge in [-0.25, -0.2) is 4.79 Å². The van der Waals surface area contributed by atoms with Crippen molar-refractivity contribution in [2.75, 3.05) is 13.1 Å². The van der Waals surface area contributed by atoms with Crippen LogP contribution in [0.3, 0.4) is 0 Å². The largest absolute Gasteiger partial charge is 0.481 e. The van der Waals surface area contributed by atoms with Gasteiger partial charge in [-0.2, -0.15) is 0 Å². The molecule has 2 atom stereocenters. The number of hydrogen-bond acceptors (Lipinski definition) is 2. The summed E-state index contributed by atoms with van der Waals surface area (Å²) in [4.78, 5) is 27.8. The van der Waals surface area contributed by atoms with E-state index in [1.54, 1.807) is 4.90 Å². The van der Waals surface area contributed by atoms with E-state index in [0.29, 0.717) is 18.9 Å². The van der Waals surface area contributed by atoms with E-state index < -0.39 is 11.9 Å². The first-order chi connectivity index (χ1) is 9.83. The summed E-state index contributed by atoms with van der Waals surface area (Å²) in [6.07, 6.45) is 2.42. The molecule has 5 heteroatoms. The minimum absolute atomic E-state index is 0.00801. The van der Waals surface area contributed by atoms with Gasteiger partial charge in [-0.15, -0.1) is 0 Å². The Balaban J connectivity index is 2.88. The van der Waals surface area contributed by atoms with Gasteiger partial charge in [0.25, 0.3) is 0 Å². The molecule has 1 fully saturated rings. The first-order valence-corrected chi connectivity index (χ1v) is 8.13. The second kappa shape index (κ2) is 7.66. The van der Waals surface area contributed by atoms with Crippen molar-refractivity contribution in [1.82, 2.24) is 9.80 Å². The van der Waals surface area contributed by atoms with Gasteiger partial charge in [0.05, 0.1) is 5.92 Å². The topological polar surface area (TPSA) is 60.9 Å². The van der Waals surface area contributed by atoms with Crippen molar-refractivity contribution in [2.24, 2.45) is 11.8 Å². The van der Waals surface area contributed by atoms with Gasteiger partial charge < -0.3 is 14.9 Å². The Bertz CT molecular complexity index is 367. The van der Waals surface area contributed by atoms with Crippen LogP contribution in [0.25, 0.3) is 0 Å². The lowest BCUT2D eigenvalue weighted by molar-refractivity contribution is -0.142. The molecular weight excluding hydrogens is 268 g/mol. The Morgan fingerprint density at radius 1 is 1.29 bits per heavy atom. The van der Waals surface area contributed by atoms with E-state index in [0.717, 1.165) is 19.4 Å². The highest BCUT2D eigenvalue weighted by Gasteiger charge is 2.40. The molecule has 2 amide bonds. The van der Waals surface area contributed by atoms with Crippen molar-refractivity contribution >= 4 is 12.0 Å². The lowest BCUT2D eigenvalue weighted by atomic mass is 10.0. The molecule has 122 valence electrons. The second-order valence-electron chi connectivity index (χ2n) is 6.47. The maximum absolute atomic E-state index is 12.9. The van der Waals surface area contributed by atoms with Crippen LogP contribution in [0.15, 0.2) is 0 Å². The van der Waals surface area contributed by atoms with Crippen LogP contribution in [0.2, 0.25) is 0 Å². The molecule has 1 N–H and O–H groups in total. The highest BCUT2D eigenvalue weighted by atomic mass is 16.4. The number of likely N-dealkylation sites (tertiary alicyclic amines) is 1. The average Bonchev–Trinajstić information content (AvgIpc) is 2.79. The van der Waals surface area contributed by atoms with Crippen molar-refractivity contribution in [1.29, 1.82) is 0 Å². The average molecular weight is 298 g/mol. The third kappa shape index (κ3) is 4.11. The Morgan fingerprint density at radius 3 is 2.24 bits per heavy atom. The first kappa shape index (κ1) is 17.8. The molecule has 0 bridgehead atoms. The van der Waals surface area contributed by atoms with Gasteiger partial charge in [-0.3, -0.25) is 4.79 Å². The monoisotopic (exact) mass is 298 g/mol. The molecule has 21 heavy (non-hydrogen) atoms. The smallest absolute Gasteiger partial charge is 0.320 e. The van der Waals surface area contributed by atoms with Gasteiger partial charge in [0.15, 0.2) is 0 Å². The van der Waals surface area contributed by atoms with Crippen LogP contribution >= 0.6 is 0 Å². The van der Waals surface area contributed by atoms with Crippen LogP contribution in [0.1, 0.15) is 53.9 Å². The number of carbonyl (C=O) groups excluding carboxylic acids is 1. The zero-order valence-corrected chi connectivity index (χ0v) is 14.0. The summed E-state index contributed by atoms with van der Waals surface area (Å²) < 4.78 is 0. The van der Waals surface area contributed by atoms with E-state index in [1.807, 2.05) is 11.8 Å². The van der Waals surface area contributed by atoms with Crippen LogP contribution in [0.5, 0.6) is 0 Å². The van der Waals surface area contributed by atoms with E-state index in [2.05, 4.69) is 27.7 Å². The molecule has 0 aromatic rings. The third-order valence-corrected chi connectivity index (χ3v) is 4.51. The molecular formula is C16H30N2O3. The van der Waals surface area contributed by atoms with Gasteiger partial charge in [-0.1, -0.05) is 27.7 Å². The fraction of sp³-hybridized carbons (Fsp3) is 0.875. The van der Waals surface area contributed by atoms with Crippen LogP contribution < -0.4 is 0 Å². The maximum atomic E-state index is 12.9. The fourth-order valence-electron chi connectivity index (χ4n) is 3.21. The Hall–Kier alpha value is -1.26. The summed E-state index contributed by atoms with van der Waals surface area (Å²) >= 11 is 0. The standard InChI is InChI=1S/C16H30N2O3/c1-6-13(7-2)18(10-11(3)4)16(21)17-9-8-14(12(17)5)15(19)20/h11-14H,6-10H2,1-5H3,(H,19,20). The molecule has 1 rings (SSSR count). The molecule has 0 aliphatic carbocycles. The molecule has 0 saturated carbocycles. The molecule has 0 aromatic heterocycles. The van der Waals surface area contributed by atoms with Crippen molar-refractivity contribution in [3.63, 3.8) is 0 Å². The molecule has 5 nitrogen and oxygen atoms in total. The minimum atomic E-state index is -0.796. The minimum Gasteiger partial charge on any atom is -0.481 e. The Labute approximate surface area is 128 Å². The summed E-state index contributed by atoms with van der Waals surface area (Å²) in [6, 6.07) is 0.0173. The molecule has 1 aliphatic heterocycles. The molecule has 1 saturated heterocycles. The van der Waals surface area contributed by atoms with Gasteiger partial charge in [0, 0.05) is 25.2 Å². The van der Waals surface area contributed by atoms with Gasteiger partial charge in [-0.05, 0) is 32.1 Å². The number of nitrogens with zero attached hydrogens (tertiary/aromatic N) is 2. The quantitative estimate of drug-likeness (QED) is 0.820. The van der Waals surface area contributed by atoms with E-state index in [4.69, 9.17) is 0 Å². The van der Waals surface area contributed by atoms with Crippen LogP contribution in [0.4, 0.5) is 4.79 Å². The Morgan fingerprint density at radius 2 is 1.86 bits per heavy atom. The number of amides is 2. The number of carboxylic acids is 1. The van der Waals surface area contributed by atoms with E-state index in [1.165, 1.54) is 0 Å². The molecule has 0 radical (unpaired) electrons. The molecule has 1 heterocycles. The SMILES string of the molecule is CCC(CC)N(CC(C)C)C(=O)N1CCC(C(=O)O)C1C. The zero-order chi connectivity index (χ0) is 16.2. The number of rotatable bonds is 6. The summed E-state index contributed by atoms with van der Waals surface area (Å²) in [5.74, 6) is -0.824. The van der Waals surface area contributed by atoms with Gasteiger partial charge in [0.2, 0.25) is 0 Å². The molecule has 1 aliphatic rings. The Kier molecular flexibility index (Phi) is 6.49. The lowest BCUT2D eigenvalue weighted by Gasteiger charge is -2.37. The number of aliphatic carboxylic acids is 1. The van der Waals surface area contributed by atoms with Crippen molar-refractivity contribution in [3.05, 3.63) is 0 Å². The van der Waals surface area contributed by atoms with Crippen LogP contribution in [-0.4, -0.2) is 52.1 Å². The van der Waals surface area contributed by atoms with Crippen LogP contribution in [-0.2, 0) is 4.79 Å². The summed E-state index contributed by atoms with van der Waals surface area (Å²) in [5.41, 5.74) is 0. The predicted molar refractivity (Wildman–Crippen MR) is 83.2 cm³/mol. The van der Waals surface area contributed by atoms with E-state index in [-0.39, 0.29) is 18.1 Å². The zero-order valence-electron chi connectivity index (χ0n) is 14.0. The number of urea groups is 1. The number of carbonyl (C=O) groups is 2. The molecule has 0 aromatic carbocycles. The second-order valence-corrected chi connectivity index (χ2v) is 6.47. The highest BCUT2D eigenvalue weighted by Crippen LogP contribution is 2.27.